The van der Waals surface area contributed by atoms with E-state index < -0.39 is 5.41 Å². The van der Waals surface area contributed by atoms with E-state index in [1.807, 2.05) is 39.0 Å². The average molecular weight is 264 g/mol. The Morgan fingerprint density at radius 1 is 1.42 bits per heavy atom. The van der Waals surface area contributed by atoms with Crippen molar-refractivity contribution >= 4 is 5.91 Å². The van der Waals surface area contributed by atoms with Gasteiger partial charge in [0.2, 0.25) is 12.7 Å². The number of amides is 1. The van der Waals surface area contributed by atoms with Crippen LogP contribution in [0, 0.1) is 5.41 Å². The van der Waals surface area contributed by atoms with Crippen molar-refractivity contribution in [2.45, 2.75) is 26.8 Å². The van der Waals surface area contributed by atoms with Gasteiger partial charge in [0.15, 0.2) is 11.5 Å². The van der Waals surface area contributed by atoms with Gasteiger partial charge in [0, 0.05) is 12.6 Å². The van der Waals surface area contributed by atoms with Gasteiger partial charge < -0.3 is 20.5 Å². The number of fused-ring (bicyclic) bond motifs is 1. The topological polar surface area (TPSA) is 73.6 Å². The lowest BCUT2D eigenvalue weighted by Gasteiger charge is -2.24. The van der Waals surface area contributed by atoms with Crippen LogP contribution in [0.2, 0.25) is 0 Å². The summed E-state index contributed by atoms with van der Waals surface area (Å²) < 4.78 is 10.6. The van der Waals surface area contributed by atoms with Gasteiger partial charge >= 0.3 is 0 Å². The molecular formula is C14H20N2O3. The van der Waals surface area contributed by atoms with E-state index in [1.54, 1.807) is 0 Å². The Kier molecular flexibility index (Phi) is 3.66. The van der Waals surface area contributed by atoms with Crippen LogP contribution in [-0.2, 0) is 4.79 Å². The van der Waals surface area contributed by atoms with E-state index in [0.717, 1.165) is 17.1 Å². The quantitative estimate of drug-likeness (QED) is 0.846. The lowest BCUT2D eigenvalue weighted by Crippen LogP contribution is -2.41. The van der Waals surface area contributed by atoms with Gasteiger partial charge in [-0.05, 0) is 38.5 Å². The fraction of sp³-hybridized carbons (Fsp3) is 0.500. The van der Waals surface area contributed by atoms with Crippen molar-refractivity contribution in [3.63, 3.8) is 0 Å². The minimum absolute atomic E-state index is 0.105. The molecule has 1 atom stereocenters. The zero-order valence-corrected chi connectivity index (χ0v) is 11.5. The molecular weight excluding hydrogens is 244 g/mol. The van der Waals surface area contributed by atoms with Gasteiger partial charge in [-0.2, -0.15) is 0 Å². The smallest absolute Gasteiger partial charge is 0.231 e. The van der Waals surface area contributed by atoms with Gasteiger partial charge in [0.05, 0.1) is 5.41 Å². The van der Waals surface area contributed by atoms with Gasteiger partial charge in [-0.3, -0.25) is 4.79 Å². The fourth-order valence-electron chi connectivity index (χ4n) is 1.80. The number of ether oxygens (including phenoxy) is 2. The summed E-state index contributed by atoms with van der Waals surface area (Å²) >= 11 is 0. The van der Waals surface area contributed by atoms with Crippen LogP contribution >= 0.6 is 0 Å². The standard InChI is InChI=1S/C14H20N2O3/c1-9(16-7-14(2,3)13(15)17)10-4-5-11-12(6-10)19-8-18-11/h4-6,9,16H,7-8H2,1-3H3,(H2,15,17)/t9-/m1/s1. The summed E-state index contributed by atoms with van der Waals surface area (Å²) in [4.78, 5) is 11.3. The summed E-state index contributed by atoms with van der Waals surface area (Å²) in [5.41, 5.74) is 5.88. The number of nitrogens with one attached hydrogen (secondary N) is 1. The van der Waals surface area contributed by atoms with Crippen molar-refractivity contribution in [2.75, 3.05) is 13.3 Å². The molecule has 0 saturated carbocycles. The molecule has 1 aliphatic heterocycles. The zero-order valence-electron chi connectivity index (χ0n) is 11.5. The van der Waals surface area contributed by atoms with E-state index in [2.05, 4.69) is 5.32 Å². The van der Waals surface area contributed by atoms with Crippen LogP contribution in [0.3, 0.4) is 0 Å². The first kappa shape index (κ1) is 13.7. The van der Waals surface area contributed by atoms with Crippen LogP contribution in [0.25, 0.3) is 0 Å². The first-order chi connectivity index (χ1) is 8.90. The largest absolute Gasteiger partial charge is 0.454 e. The maximum Gasteiger partial charge on any atom is 0.231 e. The molecule has 2 rings (SSSR count). The highest BCUT2D eigenvalue weighted by Crippen LogP contribution is 2.34. The molecule has 0 aromatic heterocycles. The Labute approximate surface area is 113 Å². The Bertz CT molecular complexity index is 486. The molecule has 0 saturated heterocycles. The number of carbonyl (C=O) groups is 1. The lowest BCUT2D eigenvalue weighted by atomic mass is 9.92. The molecule has 0 aliphatic carbocycles. The predicted octanol–water partition coefficient (Wildman–Crippen LogP) is 1.58. The van der Waals surface area contributed by atoms with E-state index in [1.165, 1.54) is 0 Å². The molecule has 0 unspecified atom stereocenters. The summed E-state index contributed by atoms with van der Waals surface area (Å²) in [6, 6.07) is 5.95. The second kappa shape index (κ2) is 5.09. The Morgan fingerprint density at radius 3 is 2.79 bits per heavy atom. The molecule has 1 aromatic carbocycles. The molecule has 1 heterocycles. The molecule has 5 nitrogen and oxygen atoms in total. The maximum atomic E-state index is 11.3. The number of benzene rings is 1. The molecule has 0 bridgehead atoms. The number of rotatable bonds is 5. The highest BCUT2D eigenvalue weighted by Gasteiger charge is 2.25. The van der Waals surface area contributed by atoms with E-state index in [0.29, 0.717) is 6.54 Å². The predicted molar refractivity (Wildman–Crippen MR) is 72.0 cm³/mol. The maximum absolute atomic E-state index is 11.3. The van der Waals surface area contributed by atoms with Crippen molar-refractivity contribution in [1.82, 2.24) is 5.32 Å². The lowest BCUT2D eigenvalue weighted by molar-refractivity contribution is -0.125. The summed E-state index contributed by atoms with van der Waals surface area (Å²) in [5, 5.41) is 3.31. The molecule has 1 amide bonds. The Balaban J connectivity index is 2.00. The van der Waals surface area contributed by atoms with Crippen LogP contribution in [0.5, 0.6) is 11.5 Å². The summed E-state index contributed by atoms with van der Waals surface area (Å²) in [6.07, 6.45) is 0. The minimum atomic E-state index is -0.565. The SMILES string of the molecule is C[C@@H](NCC(C)(C)C(N)=O)c1ccc2c(c1)OCO2. The monoisotopic (exact) mass is 264 g/mol. The van der Waals surface area contributed by atoms with Crippen LogP contribution in [-0.4, -0.2) is 19.2 Å². The van der Waals surface area contributed by atoms with E-state index in [-0.39, 0.29) is 18.7 Å². The van der Waals surface area contributed by atoms with Crippen molar-refractivity contribution < 1.29 is 14.3 Å². The number of primary amides is 1. The molecule has 5 heteroatoms. The molecule has 0 radical (unpaired) electrons. The van der Waals surface area contributed by atoms with Crippen molar-refractivity contribution in [2.24, 2.45) is 11.1 Å². The van der Waals surface area contributed by atoms with Gasteiger partial charge in [-0.1, -0.05) is 6.07 Å². The number of carbonyl (C=O) groups excluding carboxylic acids is 1. The average Bonchev–Trinajstić information content (AvgIpc) is 2.82. The molecule has 1 aliphatic rings. The number of hydrogen-bond donors (Lipinski definition) is 2. The molecule has 1 aromatic rings. The first-order valence-corrected chi connectivity index (χ1v) is 6.33. The summed E-state index contributed by atoms with van der Waals surface area (Å²) in [5.74, 6) is 1.23. The van der Waals surface area contributed by atoms with Crippen LogP contribution in [0.1, 0.15) is 32.4 Å². The third kappa shape index (κ3) is 2.98. The van der Waals surface area contributed by atoms with Gasteiger partial charge in [0.1, 0.15) is 0 Å². The Hall–Kier alpha value is -1.75. The molecule has 0 fully saturated rings. The number of hydrogen-bond acceptors (Lipinski definition) is 4. The molecule has 0 spiro atoms. The summed E-state index contributed by atoms with van der Waals surface area (Å²) in [7, 11) is 0. The number of nitrogens with two attached hydrogens (primary N) is 1. The minimum Gasteiger partial charge on any atom is -0.454 e. The molecule has 3 N–H and O–H groups in total. The third-order valence-corrected chi connectivity index (χ3v) is 3.41. The van der Waals surface area contributed by atoms with Crippen LogP contribution < -0.4 is 20.5 Å². The summed E-state index contributed by atoms with van der Waals surface area (Å²) in [6.45, 7) is 6.49. The molecule has 104 valence electrons. The van der Waals surface area contributed by atoms with Gasteiger partial charge in [-0.25, -0.2) is 0 Å². The second-order valence-electron chi connectivity index (χ2n) is 5.46. The second-order valence-corrected chi connectivity index (χ2v) is 5.46. The third-order valence-electron chi connectivity index (χ3n) is 3.41. The fourth-order valence-corrected chi connectivity index (χ4v) is 1.80. The van der Waals surface area contributed by atoms with E-state index in [9.17, 15) is 4.79 Å². The van der Waals surface area contributed by atoms with Crippen LogP contribution in [0.15, 0.2) is 18.2 Å². The van der Waals surface area contributed by atoms with E-state index >= 15 is 0 Å². The zero-order chi connectivity index (χ0) is 14.0. The van der Waals surface area contributed by atoms with Crippen molar-refractivity contribution in [3.05, 3.63) is 23.8 Å². The van der Waals surface area contributed by atoms with Gasteiger partial charge in [0.25, 0.3) is 0 Å². The highest BCUT2D eigenvalue weighted by molar-refractivity contribution is 5.80. The normalized spacial score (nSPS) is 15.3. The van der Waals surface area contributed by atoms with Crippen LogP contribution in [0.4, 0.5) is 0 Å². The van der Waals surface area contributed by atoms with Crippen molar-refractivity contribution in [3.8, 4) is 11.5 Å². The van der Waals surface area contributed by atoms with Crippen molar-refractivity contribution in [1.29, 1.82) is 0 Å². The Morgan fingerprint density at radius 2 is 2.11 bits per heavy atom. The van der Waals surface area contributed by atoms with Gasteiger partial charge in [-0.15, -0.1) is 0 Å². The van der Waals surface area contributed by atoms with E-state index in [4.69, 9.17) is 15.2 Å². The highest BCUT2D eigenvalue weighted by atomic mass is 16.7. The first-order valence-electron chi connectivity index (χ1n) is 6.33. The molecule has 19 heavy (non-hydrogen) atoms.